The van der Waals surface area contributed by atoms with Gasteiger partial charge in [0, 0.05) is 43.6 Å². The van der Waals surface area contributed by atoms with Gasteiger partial charge in [-0.2, -0.15) is 5.26 Å². The minimum absolute atomic E-state index is 0.132. The van der Waals surface area contributed by atoms with Crippen molar-refractivity contribution in [2.24, 2.45) is 0 Å². The number of aromatic amines is 1. The summed E-state index contributed by atoms with van der Waals surface area (Å²) in [5.74, 6) is 0. The topological polar surface area (TPSA) is 130 Å². The molecule has 162 valence electrons. The third-order valence-corrected chi connectivity index (χ3v) is 5.24. The second kappa shape index (κ2) is 8.26. The highest BCUT2D eigenvalue weighted by atomic mass is 16.6. The summed E-state index contributed by atoms with van der Waals surface area (Å²) in [4.78, 5) is 43.7. The molecule has 0 unspecified atom stereocenters. The molecule has 2 aliphatic heterocycles. The minimum atomic E-state index is -1.02. The lowest BCUT2D eigenvalue weighted by Crippen LogP contribution is -2.56. The summed E-state index contributed by atoms with van der Waals surface area (Å²) in [7, 11) is 0. The number of anilines is 1. The molecule has 0 radical (unpaired) electrons. The molecule has 0 aromatic carbocycles. The molecule has 0 aliphatic carbocycles. The first-order valence-corrected chi connectivity index (χ1v) is 9.93. The number of nitrogens with zero attached hydrogens (tertiary/aromatic N) is 4. The lowest BCUT2D eigenvalue weighted by molar-refractivity contribution is 0.0145. The number of pyridine rings is 1. The number of nitrogens with one attached hydrogen (secondary N) is 1. The van der Waals surface area contributed by atoms with E-state index in [2.05, 4.69) is 11.1 Å². The molecule has 3 heterocycles. The Balaban J connectivity index is 1.85. The van der Waals surface area contributed by atoms with Crippen LogP contribution in [0.1, 0.15) is 38.4 Å². The zero-order valence-corrected chi connectivity index (χ0v) is 17.5. The summed E-state index contributed by atoms with van der Waals surface area (Å²) >= 11 is 0. The van der Waals surface area contributed by atoms with Gasteiger partial charge in [0.15, 0.2) is 0 Å². The van der Waals surface area contributed by atoms with Crippen LogP contribution < -0.4 is 10.5 Å². The highest BCUT2D eigenvalue weighted by molar-refractivity contribution is 5.70. The van der Waals surface area contributed by atoms with Crippen LogP contribution in [0.25, 0.3) is 0 Å². The lowest BCUT2D eigenvalue weighted by atomic mass is 10.0. The Morgan fingerprint density at radius 1 is 1.33 bits per heavy atom. The summed E-state index contributed by atoms with van der Waals surface area (Å²) in [5.41, 5.74) is 1.31. The van der Waals surface area contributed by atoms with Gasteiger partial charge in [0.05, 0.1) is 25.1 Å². The number of nitriles is 1. The standard InChI is InChI=1S/C20H27N5O5/c1-20(2,3)30-19(29)25-9-8-23(11-13(25)4-6-21)16-10-17(26)22-15-12-24(18(27)28)7-5-14(15)16/h10,13H,4-5,7-9,11-12H2,1-3H3,(H,22,26)(H,27,28)/t13-/m0/s1. The maximum absolute atomic E-state index is 12.6. The van der Waals surface area contributed by atoms with Crippen LogP contribution in [0.2, 0.25) is 0 Å². The van der Waals surface area contributed by atoms with Crippen LogP contribution >= 0.6 is 0 Å². The van der Waals surface area contributed by atoms with E-state index in [1.807, 2.05) is 4.90 Å². The summed E-state index contributed by atoms with van der Waals surface area (Å²) in [6.45, 7) is 7.11. The molecule has 1 atom stereocenters. The Labute approximate surface area is 174 Å². The Hall–Kier alpha value is -3.22. The molecule has 30 heavy (non-hydrogen) atoms. The highest BCUT2D eigenvalue weighted by Gasteiger charge is 2.35. The fourth-order valence-corrected chi connectivity index (χ4v) is 3.92. The van der Waals surface area contributed by atoms with E-state index in [0.717, 1.165) is 11.3 Å². The Morgan fingerprint density at radius 3 is 2.70 bits per heavy atom. The molecule has 0 saturated carbocycles. The molecule has 1 aromatic rings. The average molecular weight is 417 g/mol. The van der Waals surface area contributed by atoms with Crippen LogP contribution in [-0.2, 0) is 17.7 Å². The zero-order valence-electron chi connectivity index (χ0n) is 17.5. The molecule has 1 saturated heterocycles. The summed E-state index contributed by atoms with van der Waals surface area (Å²) < 4.78 is 5.48. The third-order valence-electron chi connectivity index (χ3n) is 5.24. The average Bonchev–Trinajstić information content (AvgIpc) is 2.65. The minimum Gasteiger partial charge on any atom is -0.465 e. The van der Waals surface area contributed by atoms with Crippen molar-refractivity contribution in [3.63, 3.8) is 0 Å². The van der Waals surface area contributed by atoms with E-state index in [1.165, 1.54) is 11.0 Å². The predicted molar refractivity (Wildman–Crippen MR) is 108 cm³/mol. The van der Waals surface area contributed by atoms with Gasteiger partial charge in [-0.05, 0) is 32.8 Å². The molecule has 1 aromatic heterocycles. The first-order valence-electron chi connectivity index (χ1n) is 9.93. The number of carboxylic acid groups (broad SMARTS) is 1. The van der Waals surface area contributed by atoms with Gasteiger partial charge in [0.1, 0.15) is 5.60 Å². The quantitative estimate of drug-likeness (QED) is 0.750. The molecule has 3 rings (SSSR count). The number of piperazine rings is 1. The first-order chi connectivity index (χ1) is 14.1. The van der Waals surface area contributed by atoms with Crippen molar-refractivity contribution in [3.05, 3.63) is 27.7 Å². The van der Waals surface area contributed by atoms with Gasteiger partial charge >= 0.3 is 12.2 Å². The van der Waals surface area contributed by atoms with E-state index >= 15 is 0 Å². The number of hydrogen-bond acceptors (Lipinski definition) is 6. The van der Waals surface area contributed by atoms with Crippen LogP contribution in [0, 0.1) is 11.3 Å². The molecule has 2 aliphatic rings. The van der Waals surface area contributed by atoms with E-state index in [4.69, 9.17) is 4.74 Å². The van der Waals surface area contributed by atoms with Crippen LogP contribution in [0.4, 0.5) is 15.3 Å². The number of aromatic nitrogens is 1. The van der Waals surface area contributed by atoms with Gasteiger partial charge in [0.2, 0.25) is 5.56 Å². The van der Waals surface area contributed by atoms with Crippen molar-refractivity contribution < 1.29 is 19.4 Å². The fourth-order valence-electron chi connectivity index (χ4n) is 3.92. The molecule has 1 fully saturated rings. The highest BCUT2D eigenvalue weighted by Crippen LogP contribution is 2.29. The van der Waals surface area contributed by atoms with Gasteiger partial charge in [0.25, 0.3) is 0 Å². The fraction of sp³-hybridized carbons (Fsp3) is 0.600. The van der Waals surface area contributed by atoms with Crippen LogP contribution in [-0.4, -0.2) is 69.9 Å². The molecule has 10 nitrogen and oxygen atoms in total. The first kappa shape index (κ1) is 21.5. The number of fused-ring (bicyclic) bond motifs is 1. The van der Waals surface area contributed by atoms with Crippen LogP contribution in [0.3, 0.4) is 0 Å². The van der Waals surface area contributed by atoms with E-state index in [-0.39, 0.29) is 24.6 Å². The van der Waals surface area contributed by atoms with E-state index in [9.17, 15) is 24.8 Å². The Morgan fingerprint density at radius 2 is 2.07 bits per heavy atom. The summed E-state index contributed by atoms with van der Waals surface area (Å²) in [6.07, 6.45) is -0.837. The number of ether oxygens (including phenoxy) is 1. The Kier molecular flexibility index (Phi) is 5.92. The maximum atomic E-state index is 12.6. The van der Waals surface area contributed by atoms with Crippen molar-refractivity contribution in [1.82, 2.24) is 14.8 Å². The van der Waals surface area contributed by atoms with Crippen LogP contribution in [0.5, 0.6) is 0 Å². The summed E-state index contributed by atoms with van der Waals surface area (Å²) in [5, 5.41) is 18.5. The number of rotatable bonds is 2. The molecule has 2 amide bonds. The number of carbonyl (C=O) groups excluding carboxylic acids is 1. The van der Waals surface area contributed by atoms with Crippen molar-refractivity contribution in [2.75, 3.05) is 31.1 Å². The van der Waals surface area contributed by atoms with Crippen molar-refractivity contribution >= 4 is 17.9 Å². The van der Waals surface area contributed by atoms with Gasteiger partial charge in [-0.15, -0.1) is 0 Å². The van der Waals surface area contributed by atoms with Gasteiger partial charge in [-0.3, -0.25) is 4.79 Å². The van der Waals surface area contributed by atoms with Crippen LogP contribution in [0.15, 0.2) is 10.9 Å². The van der Waals surface area contributed by atoms with Gasteiger partial charge < -0.3 is 29.5 Å². The molecule has 10 heteroatoms. The SMILES string of the molecule is CC(C)(C)OC(=O)N1CCN(c2cc(=O)[nH]c3c2CCN(C(=O)O)C3)C[C@@H]1CC#N. The second-order valence-electron chi connectivity index (χ2n) is 8.57. The van der Waals surface area contributed by atoms with Crippen molar-refractivity contribution in [3.8, 4) is 6.07 Å². The monoisotopic (exact) mass is 417 g/mol. The molecular weight excluding hydrogens is 390 g/mol. The van der Waals surface area contributed by atoms with Crippen molar-refractivity contribution in [2.45, 2.75) is 51.8 Å². The second-order valence-corrected chi connectivity index (χ2v) is 8.57. The number of hydrogen-bond donors (Lipinski definition) is 2. The molecule has 2 N–H and O–H groups in total. The number of carbonyl (C=O) groups is 2. The predicted octanol–water partition coefficient (Wildman–Crippen LogP) is 1.75. The molecule has 0 bridgehead atoms. The molecular formula is C20H27N5O5. The van der Waals surface area contributed by atoms with E-state index in [0.29, 0.717) is 38.3 Å². The maximum Gasteiger partial charge on any atom is 0.410 e. The Bertz CT molecular complexity index is 929. The number of H-pyrrole nitrogens is 1. The lowest BCUT2D eigenvalue weighted by Gasteiger charge is -2.43. The third kappa shape index (κ3) is 4.67. The van der Waals surface area contributed by atoms with E-state index in [1.54, 1.807) is 25.7 Å². The summed E-state index contributed by atoms with van der Waals surface area (Å²) in [6, 6.07) is 3.28. The van der Waals surface area contributed by atoms with E-state index < -0.39 is 17.8 Å². The smallest absolute Gasteiger partial charge is 0.410 e. The number of amides is 2. The normalized spacial score (nSPS) is 19.1. The van der Waals surface area contributed by atoms with Gasteiger partial charge in [-0.25, -0.2) is 9.59 Å². The van der Waals surface area contributed by atoms with Crippen molar-refractivity contribution in [1.29, 1.82) is 5.26 Å². The van der Waals surface area contributed by atoms with Gasteiger partial charge in [-0.1, -0.05) is 0 Å². The molecule has 0 spiro atoms. The zero-order chi connectivity index (χ0) is 22.1. The largest absolute Gasteiger partial charge is 0.465 e.